The number of nitrogens with zero attached hydrogens (tertiary/aromatic N) is 4. The maximum absolute atomic E-state index is 5.07. The van der Waals surface area contributed by atoms with Crippen LogP contribution in [-0.4, -0.2) is 14.1 Å². The molecular formula is C37H24N4. The Morgan fingerprint density at radius 3 is 1.93 bits per heavy atom. The molecule has 0 fully saturated rings. The second-order valence-electron chi connectivity index (χ2n) is 10.5. The Balaban J connectivity index is 1.24. The fourth-order valence-electron chi connectivity index (χ4n) is 6.50. The minimum atomic E-state index is 0.935. The molecular weight excluding hydrogens is 500 g/mol. The summed E-state index contributed by atoms with van der Waals surface area (Å²) < 4.78 is 4.67. The molecule has 0 saturated heterocycles. The predicted molar refractivity (Wildman–Crippen MR) is 169 cm³/mol. The molecule has 1 aliphatic rings. The smallest absolute Gasteiger partial charge is 0.145 e. The van der Waals surface area contributed by atoms with E-state index in [0.717, 1.165) is 39.5 Å². The van der Waals surface area contributed by atoms with Gasteiger partial charge in [0.2, 0.25) is 0 Å². The number of anilines is 3. The first-order valence-electron chi connectivity index (χ1n) is 13.9. The number of para-hydroxylation sites is 7. The van der Waals surface area contributed by atoms with Crippen LogP contribution in [0.5, 0.6) is 0 Å². The molecule has 2 aromatic heterocycles. The van der Waals surface area contributed by atoms with Gasteiger partial charge >= 0.3 is 0 Å². The van der Waals surface area contributed by atoms with Crippen molar-refractivity contribution in [3.8, 4) is 22.8 Å². The number of imidazole rings is 1. The quantitative estimate of drug-likeness (QED) is 0.230. The average molecular weight is 525 g/mol. The zero-order valence-corrected chi connectivity index (χ0v) is 22.1. The Morgan fingerprint density at radius 1 is 0.415 bits per heavy atom. The maximum atomic E-state index is 5.07. The van der Waals surface area contributed by atoms with Crippen molar-refractivity contribution in [2.75, 3.05) is 4.90 Å². The first-order valence-corrected chi connectivity index (χ1v) is 13.9. The first kappa shape index (κ1) is 22.2. The minimum Gasteiger partial charge on any atom is -0.306 e. The first-order chi connectivity index (χ1) is 20.4. The Hall–Kier alpha value is -5.61. The molecule has 0 bridgehead atoms. The summed E-state index contributed by atoms with van der Waals surface area (Å²) in [5.41, 5.74) is 11.4. The molecule has 41 heavy (non-hydrogen) atoms. The second-order valence-corrected chi connectivity index (χ2v) is 10.5. The zero-order chi connectivity index (χ0) is 26.9. The summed E-state index contributed by atoms with van der Waals surface area (Å²) in [6.07, 6.45) is 0. The number of rotatable bonds is 3. The van der Waals surface area contributed by atoms with Crippen molar-refractivity contribution in [3.05, 3.63) is 146 Å². The van der Waals surface area contributed by atoms with Gasteiger partial charge in [-0.1, -0.05) is 72.8 Å². The van der Waals surface area contributed by atoms with Gasteiger partial charge in [0.15, 0.2) is 0 Å². The van der Waals surface area contributed by atoms with E-state index >= 15 is 0 Å². The third kappa shape index (κ3) is 3.13. The van der Waals surface area contributed by atoms with Gasteiger partial charge in [-0.05, 0) is 72.8 Å². The highest BCUT2D eigenvalue weighted by atomic mass is 15.2. The fourth-order valence-corrected chi connectivity index (χ4v) is 6.50. The molecule has 0 unspecified atom stereocenters. The van der Waals surface area contributed by atoms with Crippen LogP contribution >= 0.6 is 0 Å². The highest BCUT2D eigenvalue weighted by Crippen LogP contribution is 2.49. The normalized spacial score (nSPS) is 12.3. The van der Waals surface area contributed by atoms with Crippen molar-refractivity contribution in [1.29, 1.82) is 0 Å². The van der Waals surface area contributed by atoms with Gasteiger partial charge in [-0.3, -0.25) is 4.57 Å². The van der Waals surface area contributed by atoms with Crippen molar-refractivity contribution in [3.63, 3.8) is 0 Å². The standard InChI is InChI=1S/C37H24N4/c1-2-11-26(12-3-1)40-32-17-7-5-15-30(32)38-37(40)25-21-23-27(24-22-25)39-33-18-8-9-19-34(33)41-31-16-6-4-13-28(31)29-14-10-20-35(39)36(29)41/h1-24H. The van der Waals surface area contributed by atoms with E-state index in [0.29, 0.717) is 0 Å². The minimum absolute atomic E-state index is 0.935. The van der Waals surface area contributed by atoms with Crippen molar-refractivity contribution >= 4 is 49.9 Å². The molecule has 6 aromatic carbocycles. The molecule has 1 aliphatic heterocycles. The fraction of sp³-hybridized carbons (Fsp3) is 0. The summed E-state index contributed by atoms with van der Waals surface area (Å²) >= 11 is 0. The summed E-state index contributed by atoms with van der Waals surface area (Å²) in [5.74, 6) is 0.935. The molecule has 4 heteroatoms. The van der Waals surface area contributed by atoms with E-state index in [1.165, 1.54) is 33.2 Å². The van der Waals surface area contributed by atoms with E-state index in [9.17, 15) is 0 Å². The SMILES string of the molecule is c1ccc(-n2c(-c3ccc(N4c5ccccc5-n5c6ccccc6c6cccc4c65)cc3)nc3ccccc32)cc1. The van der Waals surface area contributed by atoms with Gasteiger partial charge in [-0.2, -0.15) is 0 Å². The average Bonchev–Trinajstić information content (AvgIpc) is 3.60. The van der Waals surface area contributed by atoms with E-state index in [1.54, 1.807) is 0 Å². The Labute approximate surface area is 237 Å². The van der Waals surface area contributed by atoms with Crippen LogP contribution in [0.3, 0.4) is 0 Å². The van der Waals surface area contributed by atoms with Crippen LogP contribution in [0.25, 0.3) is 55.6 Å². The van der Waals surface area contributed by atoms with Crippen LogP contribution in [0.1, 0.15) is 0 Å². The maximum Gasteiger partial charge on any atom is 0.145 e. The topological polar surface area (TPSA) is 26.0 Å². The molecule has 0 N–H and O–H groups in total. The third-order valence-electron chi connectivity index (χ3n) is 8.24. The van der Waals surface area contributed by atoms with E-state index in [-0.39, 0.29) is 0 Å². The monoisotopic (exact) mass is 524 g/mol. The summed E-state index contributed by atoms with van der Waals surface area (Å²) in [7, 11) is 0. The lowest BCUT2D eigenvalue weighted by Gasteiger charge is -2.33. The molecule has 0 aliphatic carbocycles. The Morgan fingerprint density at radius 2 is 1.07 bits per heavy atom. The largest absolute Gasteiger partial charge is 0.306 e. The molecule has 3 heterocycles. The Bertz CT molecular complexity index is 2260. The summed E-state index contributed by atoms with van der Waals surface area (Å²) in [6.45, 7) is 0. The van der Waals surface area contributed by atoms with Crippen LogP contribution in [0.4, 0.5) is 17.1 Å². The van der Waals surface area contributed by atoms with Gasteiger partial charge in [0.1, 0.15) is 5.82 Å². The number of hydrogen-bond acceptors (Lipinski definition) is 2. The Kier molecular flexibility index (Phi) is 4.58. The lowest BCUT2D eigenvalue weighted by atomic mass is 10.1. The van der Waals surface area contributed by atoms with Gasteiger partial charge in [-0.15, -0.1) is 0 Å². The van der Waals surface area contributed by atoms with E-state index in [4.69, 9.17) is 4.98 Å². The molecule has 0 radical (unpaired) electrons. The van der Waals surface area contributed by atoms with Crippen molar-refractivity contribution in [2.45, 2.75) is 0 Å². The molecule has 0 atom stereocenters. The van der Waals surface area contributed by atoms with E-state index < -0.39 is 0 Å². The number of aromatic nitrogens is 3. The van der Waals surface area contributed by atoms with Crippen LogP contribution in [0, 0.1) is 0 Å². The van der Waals surface area contributed by atoms with Gasteiger partial charge in [0, 0.05) is 27.7 Å². The van der Waals surface area contributed by atoms with Crippen LogP contribution in [0.15, 0.2) is 146 Å². The molecule has 0 spiro atoms. The van der Waals surface area contributed by atoms with Crippen molar-refractivity contribution in [2.24, 2.45) is 0 Å². The summed E-state index contributed by atoms with van der Waals surface area (Å²) in [4.78, 5) is 7.46. The highest BCUT2D eigenvalue weighted by Gasteiger charge is 2.28. The van der Waals surface area contributed by atoms with Crippen LogP contribution < -0.4 is 4.90 Å². The molecule has 192 valence electrons. The van der Waals surface area contributed by atoms with E-state index in [2.05, 4.69) is 147 Å². The van der Waals surface area contributed by atoms with Crippen molar-refractivity contribution < 1.29 is 0 Å². The molecule has 0 saturated carbocycles. The number of fused-ring (bicyclic) bond motifs is 6. The lowest BCUT2D eigenvalue weighted by molar-refractivity contribution is 1.10. The molecule has 8 aromatic rings. The van der Waals surface area contributed by atoms with Gasteiger partial charge in [0.25, 0.3) is 0 Å². The molecule has 4 nitrogen and oxygen atoms in total. The molecule has 9 rings (SSSR count). The van der Waals surface area contributed by atoms with Crippen LogP contribution in [-0.2, 0) is 0 Å². The third-order valence-corrected chi connectivity index (χ3v) is 8.24. The van der Waals surface area contributed by atoms with Crippen LogP contribution in [0.2, 0.25) is 0 Å². The van der Waals surface area contributed by atoms with E-state index in [1.807, 2.05) is 12.1 Å². The molecule has 0 amide bonds. The van der Waals surface area contributed by atoms with Gasteiger partial charge in [0.05, 0.1) is 39.1 Å². The predicted octanol–water partition coefficient (Wildman–Crippen LogP) is 9.57. The van der Waals surface area contributed by atoms with Gasteiger partial charge in [-0.25, -0.2) is 4.98 Å². The zero-order valence-electron chi connectivity index (χ0n) is 22.1. The lowest BCUT2D eigenvalue weighted by Crippen LogP contribution is -2.18. The summed E-state index contributed by atoms with van der Waals surface area (Å²) in [6, 6.07) is 51.7. The summed E-state index contributed by atoms with van der Waals surface area (Å²) in [5, 5.41) is 2.54. The highest BCUT2D eigenvalue weighted by molar-refractivity contribution is 6.16. The van der Waals surface area contributed by atoms with Crippen molar-refractivity contribution in [1.82, 2.24) is 14.1 Å². The number of hydrogen-bond donors (Lipinski definition) is 0. The number of benzene rings is 6. The van der Waals surface area contributed by atoms with Gasteiger partial charge < -0.3 is 9.47 Å². The second kappa shape index (κ2) is 8.44.